The number of methoxy groups -OCH3 is 1. The van der Waals surface area contributed by atoms with E-state index in [0.717, 1.165) is 40.2 Å². The maximum absolute atomic E-state index is 14.4. The number of aryl methyl sites for hydroxylation is 2. The Hall–Kier alpha value is -3.45. The van der Waals surface area contributed by atoms with Gasteiger partial charge in [-0.05, 0) is 43.8 Å². The molecule has 0 aliphatic rings. The largest absolute Gasteiger partial charge is 0.494 e. The van der Waals surface area contributed by atoms with Crippen molar-refractivity contribution in [2.45, 2.75) is 20.0 Å². The first-order valence-electron chi connectivity index (χ1n) is 10.1. The monoisotopic (exact) mass is 419 g/mol. The van der Waals surface area contributed by atoms with Crippen LogP contribution in [0.5, 0.6) is 5.75 Å². The highest BCUT2D eigenvalue weighted by molar-refractivity contribution is 5.64. The van der Waals surface area contributed by atoms with Gasteiger partial charge in [0.25, 0.3) is 0 Å². The predicted molar refractivity (Wildman–Crippen MR) is 119 cm³/mol. The summed E-state index contributed by atoms with van der Waals surface area (Å²) in [5.74, 6) is -0.183. The summed E-state index contributed by atoms with van der Waals surface area (Å²) in [6.07, 6.45) is 5.90. The third-order valence-electron chi connectivity index (χ3n) is 5.23. The van der Waals surface area contributed by atoms with Crippen molar-refractivity contribution < 1.29 is 9.13 Å². The van der Waals surface area contributed by atoms with Crippen LogP contribution in [0.4, 0.5) is 4.39 Å². The molecule has 0 saturated heterocycles. The van der Waals surface area contributed by atoms with Crippen molar-refractivity contribution in [3.63, 3.8) is 0 Å². The molecule has 0 radical (unpaired) electrons. The van der Waals surface area contributed by atoms with Crippen LogP contribution in [0.2, 0.25) is 0 Å². The van der Waals surface area contributed by atoms with Crippen molar-refractivity contribution in [1.82, 2.24) is 24.5 Å². The van der Waals surface area contributed by atoms with Gasteiger partial charge in [-0.15, -0.1) is 0 Å². The van der Waals surface area contributed by atoms with Crippen LogP contribution in [0.1, 0.15) is 16.7 Å². The third kappa shape index (κ3) is 4.51. The molecule has 4 aromatic rings. The van der Waals surface area contributed by atoms with Gasteiger partial charge in [0.1, 0.15) is 0 Å². The molecule has 0 bridgehead atoms. The zero-order chi connectivity index (χ0) is 22.0. The molecule has 0 N–H and O–H groups in total. The Balaban J connectivity index is 1.71. The van der Waals surface area contributed by atoms with Crippen molar-refractivity contribution in [2.24, 2.45) is 7.05 Å². The van der Waals surface area contributed by atoms with Crippen molar-refractivity contribution in [3.05, 3.63) is 83.6 Å². The minimum absolute atomic E-state index is 0.220. The van der Waals surface area contributed by atoms with Crippen molar-refractivity contribution in [2.75, 3.05) is 14.2 Å². The molecular formula is C24H26FN5O. The van der Waals surface area contributed by atoms with E-state index in [0.29, 0.717) is 6.54 Å². The summed E-state index contributed by atoms with van der Waals surface area (Å²) in [6, 6.07) is 13.0. The standard InChI is InChI=1S/C24H26FN5O/c1-17-7-5-6-8-22(17)30-16-20(15-28(2)13-18-12-26-29(3)14-18)24(27-30)19-9-10-23(31-4)21(25)11-19/h5-12,14,16H,13,15H2,1-4H3. The highest BCUT2D eigenvalue weighted by atomic mass is 19.1. The van der Waals surface area contributed by atoms with Gasteiger partial charge in [0, 0.05) is 49.2 Å². The summed E-state index contributed by atoms with van der Waals surface area (Å²) in [5.41, 5.74) is 5.73. The van der Waals surface area contributed by atoms with Crippen LogP contribution in [-0.4, -0.2) is 38.6 Å². The molecule has 0 fully saturated rings. The number of hydrogen-bond acceptors (Lipinski definition) is 4. The number of para-hydroxylation sites is 1. The summed E-state index contributed by atoms with van der Waals surface area (Å²) in [7, 11) is 5.42. The Kier molecular flexibility index (Phi) is 5.86. The minimum Gasteiger partial charge on any atom is -0.494 e. The maximum atomic E-state index is 14.4. The van der Waals surface area contributed by atoms with E-state index in [1.165, 1.54) is 13.2 Å². The van der Waals surface area contributed by atoms with Crippen LogP contribution < -0.4 is 4.74 Å². The number of aromatic nitrogens is 4. The summed E-state index contributed by atoms with van der Waals surface area (Å²) in [6.45, 7) is 3.46. The molecule has 0 amide bonds. The molecule has 0 atom stereocenters. The molecule has 0 saturated carbocycles. The lowest BCUT2D eigenvalue weighted by atomic mass is 10.1. The third-order valence-corrected chi connectivity index (χ3v) is 5.23. The number of benzene rings is 2. The van der Waals surface area contributed by atoms with Crippen LogP contribution >= 0.6 is 0 Å². The van der Waals surface area contributed by atoms with E-state index < -0.39 is 5.82 Å². The average Bonchev–Trinajstić information content (AvgIpc) is 3.34. The molecule has 0 aliphatic heterocycles. The van der Waals surface area contributed by atoms with Gasteiger partial charge in [-0.3, -0.25) is 9.58 Å². The Morgan fingerprint density at radius 2 is 1.90 bits per heavy atom. The molecule has 2 aromatic carbocycles. The fourth-order valence-corrected chi connectivity index (χ4v) is 3.74. The Bertz CT molecular complexity index is 1200. The van der Waals surface area contributed by atoms with Gasteiger partial charge in [-0.25, -0.2) is 9.07 Å². The molecular weight excluding hydrogens is 393 g/mol. The normalized spacial score (nSPS) is 11.3. The molecule has 2 aromatic heterocycles. The van der Waals surface area contributed by atoms with Crippen LogP contribution in [0.15, 0.2) is 61.1 Å². The van der Waals surface area contributed by atoms with Gasteiger partial charge in [0.05, 0.1) is 24.7 Å². The number of ether oxygens (including phenoxy) is 1. The van der Waals surface area contributed by atoms with Gasteiger partial charge in [0.2, 0.25) is 0 Å². The molecule has 2 heterocycles. The Labute approximate surface area is 181 Å². The highest BCUT2D eigenvalue weighted by Gasteiger charge is 2.17. The van der Waals surface area contributed by atoms with Gasteiger partial charge < -0.3 is 4.74 Å². The summed E-state index contributed by atoms with van der Waals surface area (Å²) >= 11 is 0. The van der Waals surface area contributed by atoms with Gasteiger partial charge >= 0.3 is 0 Å². The van der Waals surface area contributed by atoms with Crippen LogP contribution in [0, 0.1) is 12.7 Å². The molecule has 7 heteroatoms. The zero-order valence-electron chi connectivity index (χ0n) is 18.2. The summed E-state index contributed by atoms with van der Waals surface area (Å²) in [4.78, 5) is 2.19. The first-order chi connectivity index (χ1) is 14.9. The number of nitrogens with zero attached hydrogens (tertiary/aromatic N) is 5. The topological polar surface area (TPSA) is 48.1 Å². The number of hydrogen-bond donors (Lipinski definition) is 0. The zero-order valence-corrected chi connectivity index (χ0v) is 18.2. The van der Waals surface area contributed by atoms with Crippen molar-refractivity contribution in [1.29, 1.82) is 0 Å². The van der Waals surface area contributed by atoms with E-state index in [2.05, 4.69) is 30.0 Å². The number of rotatable bonds is 7. The molecule has 160 valence electrons. The SMILES string of the molecule is COc1ccc(-c2nn(-c3ccccc3C)cc2CN(C)Cc2cnn(C)c2)cc1F. The first kappa shape index (κ1) is 20.8. The van der Waals surface area contributed by atoms with Gasteiger partial charge in [0.15, 0.2) is 11.6 Å². The molecule has 4 rings (SSSR count). The summed E-state index contributed by atoms with van der Waals surface area (Å²) in [5, 5.41) is 9.08. The van der Waals surface area contributed by atoms with Crippen LogP contribution in [-0.2, 0) is 20.1 Å². The van der Waals surface area contributed by atoms with E-state index in [-0.39, 0.29) is 5.75 Å². The van der Waals surface area contributed by atoms with E-state index in [1.807, 2.05) is 54.6 Å². The lowest BCUT2D eigenvalue weighted by Gasteiger charge is -2.15. The highest BCUT2D eigenvalue weighted by Crippen LogP contribution is 2.29. The first-order valence-corrected chi connectivity index (χ1v) is 10.1. The minimum atomic E-state index is -0.403. The molecule has 0 spiro atoms. The van der Waals surface area contributed by atoms with Crippen molar-refractivity contribution in [3.8, 4) is 22.7 Å². The molecule has 0 unspecified atom stereocenters. The molecule has 0 aliphatic carbocycles. The quantitative estimate of drug-likeness (QED) is 0.447. The van der Waals surface area contributed by atoms with Crippen LogP contribution in [0.3, 0.4) is 0 Å². The van der Waals surface area contributed by atoms with Gasteiger partial charge in [-0.2, -0.15) is 10.2 Å². The lowest BCUT2D eigenvalue weighted by molar-refractivity contribution is 0.319. The molecule has 31 heavy (non-hydrogen) atoms. The molecule has 6 nitrogen and oxygen atoms in total. The lowest BCUT2D eigenvalue weighted by Crippen LogP contribution is -2.17. The van der Waals surface area contributed by atoms with E-state index in [9.17, 15) is 4.39 Å². The van der Waals surface area contributed by atoms with Gasteiger partial charge in [-0.1, -0.05) is 18.2 Å². The number of halogens is 1. The average molecular weight is 420 g/mol. The maximum Gasteiger partial charge on any atom is 0.165 e. The smallest absolute Gasteiger partial charge is 0.165 e. The van der Waals surface area contributed by atoms with Crippen LogP contribution in [0.25, 0.3) is 16.9 Å². The summed E-state index contributed by atoms with van der Waals surface area (Å²) < 4.78 is 23.2. The van der Waals surface area contributed by atoms with E-state index in [4.69, 9.17) is 9.84 Å². The van der Waals surface area contributed by atoms with Crippen molar-refractivity contribution >= 4 is 0 Å². The predicted octanol–water partition coefficient (Wildman–Crippen LogP) is 4.36. The second-order valence-corrected chi connectivity index (χ2v) is 7.78. The second kappa shape index (κ2) is 8.73. The Morgan fingerprint density at radius 3 is 2.58 bits per heavy atom. The van der Waals surface area contributed by atoms with E-state index >= 15 is 0 Å². The second-order valence-electron chi connectivity index (χ2n) is 7.78. The fourth-order valence-electron chi connectivity index (χ4n) is 3.74. The Morgan fingerprint density at radius 1 is 1.10 bits per heavy atom. The van der Waals surface area contributed by atoms with E-state index in [1.54, 1.807) is 10.7 Å². The fraction of sp³-hybridized carbons (Fsp3) is 0.250.